The van der Waals surface area contributed by atoms with E-state index in [2.05, 4.69) is 0 Å². The predicted octanol–water partition coefficient (Wildman–Crippen LogP) is -0.239. The Morgan fingerprint density at radius 3 is 2.71 bits per heavy atom. The second kappa shape index (κ2) is 5.92. The molecule has 0 bridgehead atoms. The van der Waals surface area contributed by atoms with E-state index >= 15 is 0 Å². The van der Waals surface area contributed by atoms with Crippen molar-refractivity contribution in [2.24, 2.45) is 11.3 Å². The summed E-state index contributed by atoms with van der Waals surface area (Å²) in [6.07, 6.45) is 0.823. The van der Waals surface area contributed by atoms with Crippen LogP contribution in [0.2, 0.25) is 0 Å². The number of nitrogens with zero attached hydrogens (tertiary/aromatic N) is 1. The minimum Gasteiger partial charge on any atom is -0.481 e. The van der Waals surface area contributed by atoms with Crippen LogP contribution in [0.25, 0.3) is 0 Å². The Hall–Kier alpha value is -1.15. The number of hydrogen-bond acceptors (Lipinski definition) is 5. The third-order valence-corrected chi connectivity index (χ3v) is 6.06. The molecule has 2 rings (SSSR count). The third-order valence-electron chi connectivity index (χ3n) is 4.34. The normalized spacial score (nSPS) is 29.2. The summed E-state index contributed by atoms with van der Waals surface area (Å²) >= 11 is 0. The molecule has 2 saturated heterocycles. The van der Waals surface area contributed by atoms with Gasteiger partial charge in [-0.1, -0.05) is 6.92 Å². The van der Waals surface area contributed by atoms with Crippen molar-refractivity contribution >= 4 is 21.7 Å². The number of hydrogen-bond donors (Lipinski definition) is 1. The smallest absolute Gasteiger partial charge is 0.311 e. The highest BCUT2D eigenvalue weighted by molar-refractivity contribution is 7.92. The van der Waals surface area contributed by atoms with E-state index in [1.165, 1.54) is 4.90 Å². The molecule has 2 aliphatic rings. The number of fused-ring (bicyclic) bond motifs is 1. The molecule has 120 valence electrons. The van der Waals surface area contributed by atoms with Crippen molar-refractivity contribution in [2.45, 2.75) is 19.8 Å². The molecule has 7 nitrogen and oxygen atoms in total. The highest BCUT2D eigenvalue weighted by atomic mass is 32.2. The van der Waals surface area contributed by atoms with E-state index in [0.717, 1.165) is 0 Å². The van der Waals surface area contributed by atoms with E-state index in [-0.39, 0.29) is 24.8 Å². The van der Waals surface area contributed by atoms with Gasteiger partial charge in [0.25, 0.3) is 0 Å². The Kier molecular flexibility index (Phi) is 4.57. The molecule has 2 fully saturated rings. The first kappa shape index (κ1) is 16.2. The molecule has 2 aliphatic heterocycles. The fraction of sp³-hybridized carbons (Fsp3) is 0.846. The van der Waals surface area contributed by atoms with Crippen molar-refractivity contribution < 1.29 is 27.9 Å². The maximum Gasteiger partial charge on any atom is 0.311 e. The van der Waals surface area contributed by atoms with Crippen molar-refractivity contribution in [3.63, 3.8) is 0 Å². The summed E-state index contributed by atoms with van der Waals surface area (Å²) in [7, 11) is -3.41. The van der Waals surface area contributed by atoms with E-state index in [0.29, 0.717) is 26.1 Å². The molecule has 1 N–H and O–H groups in total. The van der Waals surface area contributed by atoms with Crippen LogP contribution in [0.4, 0.5) is 0 Å². The number of carboxylic acids is 1. The average molecular weight is 319 g/mol. The summed E-state index contributed by atoms with van der Waals surface area (Å²) in [6.45, 7) is 2.74. The number of carboxylic acid groups (broad SMARTS) is 1. The summed E-state index contributed by atoms with van der Waals surface area (Å²) < 4.78 is 28.8. The maximum atomic E-state index is 12.2. The Balaban J connectivity index is 2.10. The molecule has 2 heterocycles. The summed E-state index contributed by atoms with van der Waals surface area (Å²) in [5.74, 6) is -2.25. The first-order valence-corrected chi connectivity index (χ1v) is 8.92. The zero-order chi connectivity index (χ0) is 15.7. The quantitative estimate of drug-likeness (QED) is 0.750. The van der Waals surface area contributed by atoms with Gasteiger partial charge in [0.1, 0.15) is 5.75 Å². The van der Waals surface area contributed by atoms with Crippen molar-refractivity contribution in [2.75, 3.05) is 37.8 Å². The molecule has 1 amide bonds. The van der Waals surface area contributed by atoms with Crippen LogP contribution in [0.1, 0.15) is 19.8 Å². The second-order valence-electron chi connectivity index (χ2n) is 5.85. The third kappa shape index (κ3) is 3.21. The van der Waals surface area contributed by atoms with Crippen LogP contribution in [0.5, 0.6) is 0 Å². The zero-order valence-electron chi connectivity index (χ0n) is 12.1. The van der Waals surface area contributed by atoms with Gasteiger partial charge in [-0.15, -0.1) is 0 Å². The number of rotatable bonds is 5. The lowest BCUT2D eigenvalue weighted by atomic mass is 9.74. The minimum atomic E-state index is -3.41. The SMILES string of the molecule is CCCS(=O)(=O)CC(=O)N1C[C@H]2COCC[C@@]2(C(=O)O)C1. The highest BCUT2D eigenvalue weighted by Crippen LogP contribution is 2.42. The van der Waals surface area contributed by atoms with Crippen molar-refractivity contribution in [3.8, 4) is 0 Å². The molecular formula is C13H21NO6S. The van der Waals surface area contributed by atoms with Crippen LogP contribution in [0, 0.1) is 11.3 Å². The molecular weight excluding hydrogens is 298 g/mol. The summed E-state index contributed by atoms with van der Waals surface area (Å²) in [5.41, 5.74) is -0.984. The largest absolute Gasteiger partial charge is 0.481 e. The number of carbonyl (C=O) groups is 2. The summed E-state index contributed by atoms with van der Waals surface area (Å²) in [4.78, 5) is 25.1. The molecule has 0 radical (unpaired) electrons. The summed E-state index contributed by atoms with van der Waals surface area (Å²) in [6, 6.07) is 0. The number of sulfone groups is 1. The molecule has 8 heteroatoms. The Morgan fingerprint density at radius 1 is 1.43 bits per heavy atom. The molecule has 2 atom stereocenters. The molecule has 0 spiro atoms. The minimum absolute atomic E-state index is 0.0246. The highest BCUT2D eigenvalue weighted by Gasteiger charge is 2.55. The van der Waals surface area contributed by atoms with Crippen molar-refractivity contribution in [1.29, 1.82) is 0 Å². The van der Waals surface area contributed by atoms with Gasteiger partial charge in [-0.05, 0) is 12.8 Å². The molecule has 0 aromatic carbocycles. The number of amides is 1. The molecule has 0 aliphatic carbocycles. The number of ether oxygens (including phenoxy) is 1. The van der Waals surface area contributed by atoms with Crippen LogP contribution in [0.3, 0.4) is 0 Å². The van der Waals surface area contributed by atoms with Gasteiger partial charge in [-0.25, -0.2) is 8.42 Å². The van der Waals surface area contributed by atoms with Gasteiger partial charge in [0.05, 0.1) is 17.8 Å². The number of carbonyl (C=O) groups excluding carboxylic acids is 1. The van der Waals surface area contributed by atoms with Crippen molar-refractivity contribution in [1.82, 2.24) is 4.90 Å². The Labute approximate surface area is 124 Å². The standard InChI is InChI=1S/C13H21NO6S/c1-2-5-21(18,19)8-11(15)14-6-10-7-20-4-3-13(10,9-14)12(16)17/h10H,2-9H2,1H3,(H,16,17)/t10-,13+/m0/s1. The first-order chi connectivity index (χ1) is 9.81. The zero-order valence-corrected chi connectivity index (χ0v) is 12.9. The van der Waals surface area contributed by atoms with Crippen molar-refractivity contribution in [3.05, 3.63) is 0 Å². The van der Waals surface area contributed by atoms with Crippen LogP contribution in [-0.2, 0) is 24.2 Å². The van der Waals surface area contributed by atoms with Gasteiger partial charge in [-0.2, -0.15) is 0 Å². The lowest BCUT2D eigenvalue weighted by Crippen LogP contribution is -2.45. The van der Waals surface area contributed by atoms with E-state index in [4.69, 9.17) is 4.74 Å². The average Bonchev–Trinajstić information content (AvgIpc) is 2.78. The Morgan fingerprint density at radius 2 is 2.14 bits per heavy atom. The van der Waals surface area contributed by atoms with Crippen LogP contribution >= 0.6 is 0 Å². The first-order valence-electron chi connectivity index (χ1n) is 7.10. The van der Waals surface area contributed by atoms with Crippen LogP contribution in [-0.4, -0.2) is 68.1 Å². The van der Waals surface area contributed by atoms with Gasteiger partial charge in [0, 0.05) is 25.6 Å². The van der Waals surface area contributed by atoms with E-state index < -0.39 is 32.9 Å². The molecule has 0 unspecified atom stereocenters. The van der Waals surface area contributed by atoms with Crippen LogP contribution < -0.4 is 0 Å². The van der Waals surface area contributed by atoms with E-state index in [1.807, 2.05) is 0 Å². The van der Waals surface area contributed by atoms with Gasteiger partial charge in [0.15, 0.2) is 9.84 Å². The summed E-state index contributed by atoms with van der Waals surface area (Å²) in [5, 5.41) is 9.50. The van der Waals surface area contributed by atoms with E-state index in [1.54, 1.807) is 6.92 Å². The second-order valence-corrected chi connectivity index (χ2v) is 8.03. The van der Waals surface area contributed by atoms with Gasteiger partial charge < -0.3 is 14.7 Å². The molecule has 0 aromatic heterocycles. The number of likely N-dealkylation sites (tertiary alicyclic amines) is 1. The van der Waals surface area contributed by atoms with Gasteiger partial charge in [0.2, 0.25) is 5.91 Å². The lowest BCUT2D eigenvalue weighted by Gasteiger charge is -2.33. The fourth-order valence-corrected chi connectivity index (χ4v) is 4.48. The predicted molar refractivity (Wildman–Crippen MR) is 74.5 cm³/mol. The lowest BCUT2D eigenvalue weighted by molar-refractivity contribution is -0.157. The maximum absolute atomic E-state index is 12.2. The van der Waals surface area contributed by atoms with Gasteiger partial charge in [-0.3, -0.25) is 9.59 Å². The number of aliphatic carboxylic acids is 1. The molecule has 0 saturated carbocycles. The van der Waals surface area contributed by atoms with E-state index in [9.17, 15) is 23.1 Å². The van der Waals surface area contributed by atoms with Gasteiger partial charge >= 0.3 is 5.97 Å². The fourth-order valence-electron chi connectivity index (χ4n) is 3.15. The molecule has 21 heavy (non-hydrogen) atoms. The monoisotopic (exact) mass is 319 g/mol. The molecule has 0 aromatic rings. The topological polar surface area (TPSA) is 101 Å². The van der Waals surface area contributed by atoms with Crippen LogP contribution in [0.15, 0.2) is 0 Å². The Bertz CT molecular complexity index is 531.